The molecule has 0 radical (unpaired) electrons. The Morgan fingerprint density at radius 1 is 0.691 bits per heavy atom. The highest BCUT2D eigenvalue weighted by Gasteiger charge is 2.38. The van der Waals surface area contributed by atoms with Crippen LogP contribution < -0.4 is 26.6 Å². The topological polar surface area (TPSA) is 220 Å². The molecule has 0 heterocycles. The third kappa shape index (κ3) is 14.0. The van der Waals surface area contributed by atoms with Crippen LogP contribution in [0.4, 0.5) is 0 Å². The Morgan fingerprint density at radius 2 is 1.20 bits per heavy atom. The van der Waals surface area contributed by atoms with Crippen LogP contribution in [-0.4, -0.2) is 87.6 Å². The van der Waals surface area contributed by atoms with Gasteiger partial charge in [-0.2, -0.15) is 12.6 Å². The molecule has 6 unspecified atom stereocenters. The lowest BCUT2D eigenvalue weighted by Crippen LogP contribution is -2.61. The van der Waals surface area contributed by atoms with E-state index < -0.39 is 89.9 Å². The average Bonchev–Trinajstić information content (AvgIpc) is 3.17. The fourth-order valence-corrected chi connectivity index (χ4v) is 7.13. The van der Waals surface area contributed by atoms with Crippen molar-refractivity contribution in [3.8, 4) is 0 Å². The van der Waals surface area contributed by atoms with E-state index in [2.05, 4.69) is 39.2 Å². The first-order chi connectivity index (χ1) is 26.2. The Hall–Kier alpha value is -4.92. The second-order valence-corrected chi connectivity index (χ2v) is 14.6. The van der Waals surface area contributed by atoms with Gasteiger partial charge in [0, 0.05) is 25.0 Å². The summed E-state index contributed by atoms with van der Waals surface area (Å²) in [4.78, 5) is 91.6. The number of rotatable bonds is 21. The highest BCUT2D eigenvalue weighted by Crippen LogP contribution is 2.30. The van der Waals surface area contributed by atoms with Gasteiger partial charge in [0.2, 0.25) is 29.5 Å². The molecule has 0 spiro atoms. The standard InChI is InChI=1S/C40H55N5O9S/c1-4-24(2)34(38(51)42-30(22-26-14-8-5-9-15-26)37(50)43-31(23-55)40(53)54)44-39(52)35(45-36(49)29(41-25(3)46)20-21-32(47)48)33(27-16-10-6-11-17-27)28-18-12-7-13-19-28/h6-7,10-13,16-19,24,26,29-31,33-35,55H,4-5,8-9,14-15,20-23H2,1-3H3,(H,41,46)(H,42,51)(H,43,50)(H,44,52)(H,45,49)(H,47,48)(H,53,54). The van der Waals surface area contributed by atoms with E-state index in [0.717, 1.165) is 32.1 Å². The van der Waals surface area contributed by atoms with Crippen LogP contribution in [-0.2, 0) is 33.6 Å². The highest BCUT2D eigenvalue weighted by molar-refractivity contribution is 7.80. The van der Waals surface area contributed by atoms with E-state index in [-0.39, 0.29) is 24.5 Å². The molecule has 2 aromatic carbocycles. The van der Waals surface area contributed by atoms with Gasteiger partial charge in [-0.15, -0.1) is 0 Å². The third-order valence-electron chi connectivity index (χ3n) is 10.1. The molecule has 1 saturated carbocycles. The first-order valence-electron chi connectivity index (χ1n) is 18.9. The first kappa shape index (κ1) is 44.5. The lowest BCUT2D eigenvalue weighted by molar-refractivity contribution is -0.142. The molecule has 1 aliphatic rings. The summed E-state index contributed by atoms with van der Waals surface area (Å²) in [5, 5.41) is 32.3. The highest BCUT2D eigenvalue weighted by atomic mass is 32.1. The molecule has 0 aliphatic heterocycles. The van der Waals surface area contributed by atoms with Crippen LogP contribution >= 0.6 is 12.6 Å². The minimum Gasteiger partial charge on any atom is -0.481 e. The van der Waals surface area contributed by atoms with Crippen molar-refractivity contribution in [2.75, 3.05) is 5.75 Å². The molecule has 6 atom stereocenters. The second-order valence-electron chi connectivity index (χ2n) is 14.2. The summed E-state index contributed by atoms with van der Waals surface area (Å²) in [6.45, 7) is 4.80. The molecule has 7 N–H and O–H groups in total. The van der Waals surface area contributed by atoms with Gasteiger partial charge >= 0.3 is 11.9 Å². The van der Waals surface area contributed by atoms with Crippen molar-refractivity contribution in [2.45, 2.75) is 115 Å². The molecular weight excluding hydrogens is 727 g/mol. The Balaban J connectivity index is 2.03. The van der Waals surface area contributed by atoms with Crippen molar-refractivity contribution in [1.29, 1.82) is 0 Å². The van der Waals surface area contributed by atoms with Crippen LogP contribution in [0.1, 0.15) is 95.6 Å². The normalized spacial score (nSPS) is 16.3. The third-order valence-corrected chi connectivity index (χ3v) is 10.5. The van der Waals surface area contributed by atoms with Gasteiger partial charge in [-0.1, -0.05) is 113 Å². The van der Waals surface area contributed by atoms with Crippen molar-refractivity contribution in [1.82, 2.24) is 26.6 Å². The van der Waals surface area contributed by atoms with Gasteiger partial charge in [0.1, 0.15) is 30.2 Å². The molecular formula is C40H55N5O9S. The lowest BCUT2D eigenvalue weighted by Gasteiger charge is -2.33. The zero-order valence-electron chi connectivity index (χ0n) is 31.7. The summed E-state index contributed by atoms with van der Waals surface area (Å²) in [6, 6.07) is 11.7. The zero-order chi connectivity index (χ0) is 40.5. The molecule has 300 valence electrons. The molecule has 0 saturated heterocycles. The number of hydrogen-bond donors (Lipinski definition) is 8. The van der Waals surface area contributed by atoms with Crippen molar-refractivity contribution < 1.29 is 43.8 Å². The van der Waals surface area contributed by atoms with Crippen LogP contribution in [0, 0.1) is 11.8 Å². The van der Waals surface area contributed by atoms with Gasteiger partial charge in [-0.05, 0) is 35.8 Å². The van der Waals surface area contributed by atoms with Gasteiger partial charge < -0.3 is 36.8 Å². The molecule has 5 amide bonds. The number of benzene rings is 2. The summed E-state index contributed by atoms with van der Waals surface area (Å²) in [5.41, 5.74) is 1.31. The zero-order valence-corrected chi connectivity index (χ0v) is 32.6. The van der Waals surface area contributed by atoms with E-state index in [1.165, 1.54) is 6.92 Å². The predicted molar refractivity (Wildman–Crippen MR) is 209 cm³/mol. The molecule has 0 bridgehead atoms. The fourth-order valence-electron chi connectivity index (χ4n) is 6.89. The first-order valence-corrected chi connectivity index (χ1v) is 19.5. The smallest absolute Gasteiger partial charge is 0.327 e. The van der Waals surface area contributed by atoms with E-state index in [4.69, 9.17) is 0 Å². The maximum Gasteiger partial charge on any atom is 0.327 e. The van der Waals surface area contributed by atoms with Crippen LogP contribution in [0.5, 0.6) is 0 Å². The molecule has 1 fully saturated rings. The minimum atomic E-state index is -1.37. The van der Waals surface area contributed by atoms with E-state index in [1.807, 2.05) is 6.92 Å². The summed E-state index contributed by atoms with van der Waals surface area (Å²) in [7, 11) is 0. The summed E-state index contributed by atoms with van der Waals surface area (Å²) < 4.78 is 0. The van der Waals surface area contributed by atoms with Gasteiger partial charge in [-0.3, -0.25) is 28.8 Å². The van der Waals surface area contributed by atoms with Gasteiger partial charge in [0.05, 0.1) is 0 Å². The predicted octanol–water partition coefficient (Wildman–Crippen LogP) is 3.16. The van der Waals surface area contributed by atoms with E-state index in [1.54, 1.807) is 67.6 Å². The van der Waals surface area contributed by atoms with Crippen molar-refractivity contribution in [3.63, 3.8) is 0 Å². The monoisotopic (exact) mass is 781 g/mol. The quantitative estimate of drug-likeness (QED) is 0.0871. The molecule has 1 aliphatic carbocycles. The number of amides is 5. The number of carboxylic acid groups (broad SMARTS) is 2. The van der Waals surface area contributed by atoms with Crippen LogP contribution in [0.15, 0.2) is 60.7 Å². The fraction of sp³-hybridized carbons (Fsp3) is 0.525. The van der Waals surface area contributed by atoms with Gasteiger partial charge in [-0.25, -0.2) is 4.79 Å². The van der Waals surface area contributed by atoms with Crippen LogP contribution in [0.2, 0.25) is 0 Å². The van der Waals surface area contributed by atoms with E-state index in [0.29, 0.717) is 17.5 Å². The number of carbonyl (C=O) groups is 7. The minimum absolute atomic E-state index is 0.121. The van der Waals surface area contributed by atoms with Crippen molar-refractivity contribution in [3.05, 3.63) is 71.8 Å². The van der Waals surface area contributed by atoms with E-state index in [9.17, 15) is 43.8 Å². The summed E-state index contributed by atoms with van der Waals surface area (Å²) in [6.07, 6.45) is 4.78. The van der Waals surface area contributed by atoms with Crippen molar-refractivity contribution in [2.24, 2.45) is 11.8 Å². The number of carboxylic acids is 2. The molecule has 15 heteroatoms. The van der Waals surface area contributed by atoms with Crippen LogP contribution in [0.3, 0.4) is 0 Å². The number of nitrogens with one attached hydrogen (secondary N) is 5. The van der Waals surface area contributed by atoms with Gasteiger partial charge in [0.15, 0.2) is 0 Å². The maximum absolute atomic E-state index is 14.7. The lowest BCUT2D eigenvalue weighted by atomic mass is 9.83. The molecule has 3 rings (SSSR count). The number of aliphatic carboxylic acids is 2. The number of thiol groups is 1. The average molecular weight is 782 g/mol. The Morgan fingerprint density at radius 3 is 1.69 bits per heavy atom. The van der Waals surface area contributed by atoms with E-state index >= 15 is 0 Å². The van der Waals surface area contributed by atoms with Crippen molar-refractivity contribution >= 4 is 54.1 Å². The molecule has 0 aromatic heterocycles. The largest absolute Gasteiger partial charge is 0.481 e. The SMILES string of the molecule is CCC(C)C(NC(=O)C(NC(=O)C(CCC(=O)O)NC(C)=O)C(c1ccccc1)c1ccccc1)C(=O)NC(CC1CCCCC1)C(=O)NC(CS)C(=O)O. The summed E-state index contributed by atoms with van der Waals surface area (Å²) in [5.74, 6) is -7.17. The Bertz CT molecular complexity index is 1570. The second kappa shape index (κ2) is 22.5. The molecule has 55 heavy (non-hydrogen) atoms. The maximum atomic E-state index is 14.7. The van der Waals surface area contributed by atoms with Gasteiger partial charge in [0.25, 0.3) is 0 Å². The number of hydrogen-bond acceptors (Lipinski definition) is 8. The number of carbonyl (C=O) groups excluding carboxylic acids is 5. The Kier molecular flexibility index (Phi) is 18.2. The van der Waals surface area contributed by atoms with Crippen LogP contribution in [0.25, 0.3) is 0 Å². The Labute approximate surface area is 327 Å². The molecule has 2 aromatic rings. The molecule has 14 nitrogen and oxygen atoms in total. The summed E-state index contributed by atoms with van der Waals surface area (Å²) >= 11 is 4.06.